The maximum atomic E-state index is 13.9. The summed E-state index contributed by atoms with van der Waals surface area (Å²) in [6, 6.07) is 14.2. The Morgan fingerprint density at radius 3 is 2.31 bits per heavy atom. The lowest BCUT2D eigenvalue weighted by molar-refractivity contribution is -0.132. The first-order valence-electron chi connectivity index (χ1n) is 16.9. The Hall–Kier alpha value is -5.15. The van der Waals surface area contributed by atoms with E-state index in [2.05, 4.69) is 30.9 Å². The zero-order chi connectivity index (χ0) is 36.8. The van der Waals surface area contributed by atoms with Gasteiger partial charge in [-0.3, -0.25) is 24.2 Å². The summed E-state index contributed by atoms with van der Waals surface area (Å²) in [6.07, 6.45) is 4.89. The number of Topliss-reactive ketones (excluding diaryl/α,β-unsaturated/α-hetero) is 1. The third-order valence-corrected chi connectivity index (χ3v) is 9.05. The number of nitrogens with zero attached hydrogens (tertiary/aromatic N) is 4. The molecule has 51 heavy (non-hydrogen) atoms. The van der Waals surface area contributed by atoms with Gasteiger partial charge in [-0.05, 0) is 49.3 Å². The summed E-state index contributed by atoms with van der Waals surface area (Å²) in [4.78, 5) is 66.5. The van der Waals surface area contributed by atoms with Crippen molar-refractivity contribution in [1.29, 1.82) is 0 Å². The van der Waals surface area contributed by atoms with Crippen LogP contribution in [0.15, 0.2) is 72.1 Å². The number of para-hydroxylation sites is 1. The van der Waals surface area contributed by atoms with Gasteiger partial charge in [0.1, 0.15) is 18.8 Å². The van der Waals surface area contributed by atoms with Gasteiger partial charge in [0.05, 0.1) is 29.2 Å². The number of thiazole rings is 1. The summed E-state index contributed by atoms with van der Waals surface area (Å²) < 4.78 is 8.47. The molecule has 0 spiro atoms. The lowest BCUT2D eigenvalue weighted by Crippen LogP contribution is -2.56. The van der Waals surface area contributed by atoms with Gasteiger partial charge in [0.15, 0.2) is 11.0 Å². The van der Waals surface area contributed by atoms with Crippen LogP contribution in [-0.2, 0) is 38.9 Å². The van der Waals surface area contributed by atoms with Gasteiger partial charge in [-0.15, -0.1) is 11.3 Å². The lowest BCUT2D eigenvalue weighted by atomic mass is 10.0. The van der Waals surface area contributed by atoms with Crippen LogP contribution in [-0.4, -0.2) is 68.7 Å². The van der Waals surface area contributed by atoms with Crippen LogP contribution in [0.3, 0.4) is 0 Å². The monoisotopic (exact) mass is 717 g/mol. The van der Waals surface area contributed by atoms with Crippen molar-refractivity contribution in [3.63, 3.8) is 0 Å². The molecule has 0 fully saturated rings. The standard InChI is InChI=1S/C36H47N9O5S/c1-23(2)15-16-29(33(48)42-28(13-9-17-40-36(37)38)32(47)35-44-27-12-7-8-14-31(27)51-35)43-34(49)30(41-24(3)46)18-26-19-39-21-45(26)22-50-20-25-10-5-4-6-11-25/h4-8,10-12,14,19,21,23,28-30H,9,13,15-18,20,22H2,1-3H3,(H,41,46)(H,42,48)(H,43,49)(H4,37,38,40)/t28-,29-,30-/m0/s1. The van der Waals surface area contributed by atoms with Crippen molar-refractivity contribution in [3.05, 3.63) is 83.4 Å². The van der Waals surface area contributed by atoms with Crippen LogP contribution in [0.25, 0.3) is 10.2 Å². The second-order valence-electron chi connectivity index (χ2n) is 12.7. The summed E-state index contributed by atoms with van der Waals surface area (Å²) in [6.45, 7) is 6.19. The van der Waals surface area contributed by atoms with Crippen LogP contribution in [0.1, 0.15) is 67.5 Å². The number of ether oxygens (including phenoxy) is 1. The third kappa shape index (κ3) is 12.3. The van der Waals surface area contributed by atoms with Gasteiger partial charge in [-0.2, -0.15) is 0 Å². The fourth-order valence-corrected chi connectivity index (χ4v) is 6.31. The number of carbonyl (C=O) groups is 4. The van der Waals surface area contributed by atoms with Crippen molar-refractivity contribution >= 4 is 51.0 Å². The highest BCUT2D eigenvalue weighted by atomic mass is 32.1. The normalized spacial score (nSPS) is 12.9. The molecule has 4 rings (SSSR count). The molecule has 0 unspecified atom stereocenters. The topological polar surface area (TPSA) is 209 Å². The number of guanidine groups is 1. The van der Waals surface area contributed by atoms with E-state index in [1.54, 1.807) is 17.1 Å². The number of hydrogen-bond acceptors (Lipinski definition) is 9. The fraction of sp³-hybridized carbons (Fsp3) is 0.417. The second kappa shape index (κ2) is 19.3. The number of ketones is 1. The molecule has 0 aliphatic heterocycles. The van der Waals surface area contributed by atoms with Crippen molar-refractivity contribution in [3.8, 4) is 0 Å². The molecule has 14 nitrogen and oxygen atoms in total. The number of carbonyl (C=O) groups excluding carboxylic acids is 4. The first-order valence-corrected chi connectivity index (χ1v) is 17.8. The average Bonchev–Trinajstić information content (AvgIpc) is 3.74. The number of amides is 3. The van der Waals surface area contributed by atoms with Crippen molar-refractivity contribution in [2.24, 2.45) is 22.4 Å². The molecule has 4 aromatic rings. The molecule has 272 valence electrons. The highest BCUT2D eigenvalue weighted by molar-refractivity contribution is 7.20. The van der Waals surface area contributed by atoms with Crippen LogP contribution >= 0.6 is 11.3 Å². The van der Waals surface area contributed by atoms with E-state index in [9.17, 15) is 19.2 Å². The van der Waals surface area contributed by atoms with E-state index in [0.717, 1.165) is 10.3 Å². The highest BCUT2D eigenvalue weighted by Gasteiger charge is 2.31. The molecule has 0 aliphatic carbocycles. The zero-order valence-electron chi connectivity index (χ0n) is 29.2. The van der Waals surface area contributed by atoms with Gasteiger partial charge in [0.2, 0.25) is 23.5 Å². The fourth-order valence-electron chi connectivity index (χ4n) is 5.35. The molecule has 3 atom stereocenters. The van der Waals surface area contributed by atoms with Gasteiger partial charge in [0.25, 0.3) is 0 Å². The summed E-state index contributed by atoms with van der Waals surface area (Å²) in [7, 11) is 0. The predicted octanol–water partition coefficient (Wildman–Crippen LogP) is 3.06. The first kappa shape index (κ1) is 38.6. The molecule has 0 aliphatic rings. The van der Waals surface area contributed by atoms with Crippen LogP contribution in [0, 0.1) is 5.92 Å². The summed E-state index contributed by atoms with van der Waals surface area (Å²) in [5.41, 5.74) is 13.3. The average molecular weight is 718 g/mol. The zero-order valence-corrected chi connectivity index (χ0v) is 30.0. The van der Waals surface area contributed by atoms with Crippen LogP contribution in [0.4, 0.5) is 0 Å². The number of fused-ring (bicyclic) bond motifs is 1. The van der Waals surface area contributed by atoms with E-state index in [4.69, 9.17) is 16.2 Å². The molecule has 0 saturated heterocycles. The number of rotatable bonds is 20. The molecule has 15 heteroatoms. The molecule has 0 radical (unpaired) electrons. The lowest BCUT2D eigenvalue weighted by Gasteiger charge is -2.25. The number of aromatic nitrogens is 3. The van der Waals surface area contributed by atoms with Crippen LogP contribution in [0.2, 0.25) is 0 Å². The number of benzene rings is 2. The molecular formula is C36H47N9O5S. The predicted molar refractivity (Wildman–Crippen MR) is 197 cm³/mol. The molecule has 2 aromatic heterocycles. The van der Waals surface area contributed by atoms with Crippen molar-refractivity contribution in [2.75, 3.05) is 6.54 Å². The quantitative estimate of drug-likeness (QED) is 0.0393. The van der Waals surface area contributed by atoms with E-state index in [-0.39, 0.29) is 48.8 Å². The maximum Gasteiger partial charge on any atom is 0.243 e. The highest BCUT2D eigenvalue weighted by Crippen LogP contribution is 2.23. The minimum absolute atomic E-state index is 0.0685. The molecule has 0 saturated carbocycles. The van der Waals surface area contributed by atoms with Gasteiger partial charge in [-0.25, -0.2) is 9.97 Å². The Kier molecular flexibility index (Phi) is 14.6. The summed E-state index contributed by atoms with van der Waals surface area (Å²) >= 11 is 1.25. The Balaban J connectivity index is 1.49. The molecule has 2 heterocycles. The van der Waals surface area contributed by atoms with E-state index in [1.165, 1.54) is 18.3 Å². The first-order chi connectivity index (χ1) is 24.5. The van der Waals surface area contributed by atoms with Crippen LogP contribution < -0.4 is 27.4 Å². The molecule has 7 N–H and O–H groups in total. The Morgan fingerprint density at radius 2 is 1.61 bits per heavy atom. The maximum absolute atomic E-state index is 13.9. The number of nitrogens with two attached hydrogens (primary N) is 2. The molecule has 3 amide bonds. The van der Waals surface area contributed by atoms with E-state index >= 15 is 0 Å². The van der Waals surface area contributed by atoms with Crippen molar-refractivity contribution < 1.29 is 23.9 Å². The Bertz CT molecular complexity index is 1750. The van der Waals surface area contributed by atoms with Gasteiger partial charge < -0.3 is 36.7 Å². The minimum atomic E-state index is -1.01. The molecule has 2 aromatic carbocycles. The van der Waals surface area contributed by atoms with E-state index < -0.39 is 35.8 Å². The molecule has 0 bridgehead atoms. The minimum Gasteiger partial charge on any atom is -0.370 e. The second-order valence-corrected chi connectivity index (χ2v) is 13.7. The third-order valence-electron chi connectivity index (χ3n) is 8.00. The summed E-state index contributed by atoms with van der Waals surface area (Å²) in [5.74, 6) is -1.66. The van der Waals surface area contributed by atoms with Gasteiger partial charge >= 0.3 is 0 Å². The summed E-state index contributed by atoms with van der Waals surface area (Å²) in [5, 5.41) is 8.72. The van der Waals surface area contributed by atoms with Gasteiger partial charge in [0, 0.05) is 31.8 Å². The largest absolute Gasteiger partial charge is 0.370 e. The van der Waals surface area contributed by atoms with Crippen LogP contribution in [0.5, 0.6) is 0 Å². The van der Waals surface area contributed by atoms with E-state index in [1.807, 2.05) is 68.4 Å². The van der Waals surface area contributed by atoms with Crippen molar-refractivity contribution in [1.82, 2.24) is 30.5 Å². The van der Waals surface area contributed by atoms with Gasteiger partial charge in [-0.1, -0.05) is 56.3 Å². The van der Waals surface area contributed by atoms with E-state index in [0.29, 0.717) is 37.1 Å². The number of hydrogen-bond donors (Lipinski definition) is 5. The number of nitrogens with one attached hydrogen (secondary N) is 3. The Morgan fingerprint density at radius 1 is 0.902 bits per heavy atom. The molecular weight excluding hydrogens is 671 g/mol. The smallest absolute Gasteiger partial charge is 0.243 e. The Labute approximate surface area is 301 Å². The number of imidazole rings is 1. The van der Waals surface area contributed by atoms with Crippen molar-refractivity contribution in [2.45, 2.75) is 84.3 Å². The number of aliphatic imine (C=N–C) groups is 1. The SMILES string of the molecule is CC(=O)N[C@@H](Cc1cncn1COCc1ccccc1)C(=O)N[C@@H](CCC(C)C)C(=O)N[C@@H](CCCN=C(N)N)C(=O)c1nc2ccccc2s1.